The molecule has 0 bridgehead atoms. The molecule has 0 unspecified atom stereocenters. The van der Waals surface area contributed by atoms with Crippen molar-refractivity contribution in [2.45, 2.75) is 50.7 Å². The summed E-state index contributed by atoms with van der Waals surface area (Å²) in [5, 5.41) is 5.73. The number of benzene rings is 1. The number of anilines is 1. The van der Waals surface area contributed by atoms with E-state index < -0.39 is 5.92 Å². The summed E-state index contributed by atoms with van der Waals surface area (Å²) in [6.45, 7) is 0.338. The topological polar surface area (TPSA) is 80.3 Å². The van der Waals surface area contributed by atoms with Crippen LogP contribution in [0.2, 0.25) is 0 Å². The summed E-state index contributed by atoms with van der Waals surface area (Å²) in [6, 6.07) is 11.2. The molecule has 1 aromatic carbocycles. The lowest BCUT2D eigenvalue weighted by Crippen LogP contribution is -2.27. The first kappa shape index (κ1) is 17.5. The highest BCUT2D eigenvalue weighted by Crippen LogP contribution is 2.34. The van der Waals surface area contributed by atoms with Crippen molar-refractivity contribution in [1.82, 2.24) is 10.3 Å². The van der Waals surface area contributed by atoms with Gasteiger partial charge in [0.05, 0.1) is 5.92 Å². The number of hydrogen-bond acceptors (Lipinski definition) is 4. The number of carbonyl (C=O) groups excluding carboxylic acids is 2. The molecule has 6 heteroatoms. The number of ether oxygens (including phenoxy) is 1. The van der Waals surface area contributed by atoms with E-state index in [-0.39, 0.29) is 24.3 Å². The molecule has 140 valence electrons. The van der Waals surface area contributed by atoms with Gasteiger partial charge in [0.2, 0.25) is 17.7 Å². The Labute approximate surface area is 158 Å². The number of aromatic nitrogens is 1. The first-order chi connectivity index (χ1) is 13.2. The molecule has 4 rings (SSSR count). The second-order valence-corrected chi connectivity index (χ2v) is 7.10. The fourth-order valence-corrected chi connectivity index (χ4v) is 3.76. The van der Waals surface area contributed by atoms with Crippen LogP contribution in [0.15, 0.2) is 42.6 Å². The highest BCUT2D eigenvalue weighted by molar-refractivity contribution is 6.04. The SMILES string of the molecule is O=C(C[C@@H]1C(=O)Nc2ccccc21)NCc1cccnc1OC1CCCC1. The molecule has 0 radical (unpaired) electrons. The zero-order valence-corrected chi connectivity index (χ0v) is 15.1. The summed E-state index contributed by atoms with van der Waals surface area (Å²) >= 11 is 0. The Kier molecular flexibility index (Phi) is 5.05. The summed E-state index contributed by atoms with van der Waals surface area (Å²) in [5.41, 5.74) is 2.53. The van der Waals surface area contributed by atoms with Crippen LogP contribution in [0.3, 0.4) is 0 Å². The number of fused-ring (bicyclic) bond motifs is 1. The van der Waals surface area contributed by atoms with Crippen molar-refractivity contribution in [3.05, 3.63) is 53.7 Å². The van der Waals surface area contributed by atoms with Gasteiger partial charge in [-0.25, -0.2) is 4.98 Å². The van der Waals surface area contributed by atoms with Gasteiger partial charge >= 0.3 is 0 Å². The molecule has 0 saturated heterocycles. The summed E-state index contributed by atoms with van der Waals surface area (Å²) in [4.78, 5) is 28.9. The highest BCUT2D eigenvalue weighted by atomic mass is 16.5. The van der Waals surface area contributed by atoms with E-state index in [2.05, 4.69) is 15.6 Å². The third kappa shape index (κ3) is 3.94. The van der Waals surface area contributed by atoms with Gasteiger partial charge in [-0.1, -0.05) is 24.3 Å². The molecule has 1 aromatic heterocycles. The third-order valence-corrected chi connectivity index (χ3v) is 5.21. The lowest BCUT2D eigenvalue weighted by atomic mass is 9.97. The van der Waals surface area contributed by atoms with Gasteiger partial charge in [-0.15, -0.1) is 0 Å². The summed E-state index contributed by atoms with van der Waals surface area (Å²) in [5.74, 6) is -0.140. The Morgan fingerprint density at radius 3 is 2.85 bits per heavy atom. The smallest absolute Gasteiger partial charge is 0.232 e. The Morgan fingerprint density at radius 1 is 1.19 bits per heavy atom. The number of nitrogens with zero attached hydrogens (tertiary/aromatic N) is 1. The van der Waals surface area contributed by atoms with Gasteiger partial charge in [-0.2, -0.15) is 0 Å². The molecule has 1 fully saturated rings. The van der Waals surface area contributed by atoms with Crippen LogP contribution in [0.1, 0.15) is 49.1 Å². The van der Waals surface area contributed by atoms with Crippen LogP contribution in [-0.4, -0.2) is 22.9 Å². The van der Waals surface area contributed by atoms with Gasteiger partial charge in [0.25, 0.3) is 0 Å². The minimum Gasteiger partial charge on any atom is -0.474 e. The van der Waals surface area contributed by atoms with Gasteiger partial charge in [-0.3, -0.25) is 9.59 Å². The van der Waals surface area contributed by atoms with E-state index in [0.717, 1.165) is 29.7 Å². The average Bonchev–Trinajstić information content (AvgIpc) is 3.29. The Bertz CT molecular complexity index is 846. The quantitative estimate of drug-likeness (QED) is 0.824. The molecular formula is C21H23N3O3. The van der Waals surface area contributed by atoms with E-state index in [1.54, 1.807) is 6.20 Å². The number of rotatable bonds is 6. The number of hydrogen-bond donors (Lipinski definition) is 2. The normalized spacial score (nSPS) is 18.8. The third-order valence-electron chi connectivity index (χ3n) is 5.21. The first-order valence-electron chi connectivity index (χ1n) is 9.48. The Morgan fingerprint density at radius 2 is 2.00 bits per heavy atom. The predicted molar refractivity (Wildman–Crippen MR) is 101 cm³/mol. The van der Waals surface area contributed by atoms with Crippen molar-refractivity contribution in [3.63, 3.8) is 0 Å². The number of carbonyl (C=O) groups is 2. The molecule has 0 spiro atoms. The highest BCUT2D eigenvalue weighted by Gasteiger charge is 2.31. The summed E-state index contributed by atoms with van der Waals surface area (Å²) in [7, 11) is 0. The lowest BCUT2D eigenvalue weighted by molar-refractivity contribution is -0.125. The van der Waals surface area contributed by atoms with Crippen LogP contribution in [-0.2, 0) is 16.1 Å². The van der Waals surface area contributed by atoms with Crippen molar-refractivity contribution in [2.24, 2.45) is 0 Å². The van der Waals surface area contributed by atoms with Crippen molar-refractivity contribution < 1.29 is 14.3 Å². The average molecular weight is 365 g/mol. The maximum atomic E-state index is 12.4. The van der Waals surface area contributed by atoms with Crippen LogP contribution in [0, 0.1) is 0 Å². The molecule has 2 heterocycles. The van der Waals surface area contributed by atoms with E-state index in [1.807, 2.05) is 36.4 Å². The molecule has 2 N–H and O–H groups in total. The van der Waals surface area contributed by atoms with Crippen molar-refractivity contribution in [3.8, 4) is 5.88 Å². The minimum atomic E-state index is -0.440. The fraction of sp³-hybridized carbons (Fsp3) is 0.381. The number of amides is 2. The molecule has 6 nitrogen and oxygen atoms in total. The molecule has 1 saturated carbocycles. The maximum absolute atomic E-state index is 12.4. The Balaban J connectivity index is 1.37. The zero-order valence-electron chi connectivity index (χ0n) is 15.1. The second-order valence-electron chi connectivity index (χ2n) is 7.10. The predicted octanol–water partition coefficient (Wildman–Crippen LogP) is 3.15. The van der Waals surface area contributed by atoms with Gasteiger partial charge in [0, 0.05) is 30.4 Å². The minimum absolute atomic E-state index is 0.127. The maximum Gasteiger partial charge on any atom is 0.232 e. The summed E-state index contributed by atoms with van der Waals surface area (Å²) in [6.07, 6.45) is 6.53. The number of para-hydroxylation sites is 1. The van der Waals surface area contributed by atoms with Crippen LogP contribution < -0.4 is 15.4 Å². The van der Waals surface area contributed by atoms with Crippen LogP contribution in [0.4, 0.5) is 5.69 Å². The van der Waals surface area contributed by atoms with Crippen molar-refractivity contribution in [1.29, 1.82) is 0 Å². The van der Waals surface area contributed by atoms with E-state index >= 15 is 0 Å². The number of pyridine rings is 1. The molecule has 1 atom stereocenters. The molecular weight excluding hydrogens is 342 g/mol. The first-order valence-corrected chi connectivity index (χ1v) is 9.48. The van der Waals surface area contributed by atoms with Gasteiger partial charge in [0.15, 0.2) is 0 Å². The zero-order chi connectivity index (χ0) is 18.6. The standard InChI is InChI=1S/C21H23N3O3/c25-19(12-17-16-9-3-4-10-18(16)24-20(17)26)23-13-14-6-5-11-22-21(14)27-15-7-1-2-8-15/h3-6,9-11,15,17H,1-2,7-8,12-13H2,(H,23,25)(H,24,26)/t17-/m0/s1. The van der Waals surface area contributed by atoms with Crippen molar-refractivity contribution >= 4 is 17.5 Å². The molecule has 1 aliphatic carbocycles. The number of nitrogens with one attached hydrogen (secondary N) is 2. The summed E-state index contributed by atoms with van der Waals surface area (Å²) < 4.78 is 6.01. The molecule has 2 aliphatic rings. The monoisotopic (exact) mass is 365 g/mol. The molecule has 2 aromatic rings. The van der Waals surface area contributed by atoms with Crippen molar-refractivity contribution in [2.75, 3.05) is 5.32 Å². The van der Waals surface area contributed by atoms with Gasteiger partial charge in [0.1, 0.15) is 6.10 Å². The van der Waals surface area contributed by atoms with Crippen LogP contribution >= 0.6 is 0 Å². The second kappa shape index (κ2) is 7.78. The van der Waals surface area contributed by atoms with E-state index in [0.29, 0.717) is 12.4 Å². The lowest BCUT2D eigenvalue weighted by Gasteiger charge is -2.16. The molecule has 2 amide bonds. The Hall–Kier alpha value is -2.89. The van der Waals surface area contributed by atoms with Crippen LogP contribution in [0.5, 0.6) is 5.88 Å². The van der Waals surface area contributed by atoms with E-state index in [4.69, 9.17) is 4.74 Å². The van der Waals surface area contributed by atoms with E-state index in [1.165, 1.54) is 12.8 Å². The van der Waals surface area contributed by atoms with E-state index in [9.17, 15) is 9.59 Å². The van der Waals surface area contributed by atoms with Gasteiger partial charge in [-0.05, 0) is 43.4 Å². The van der Waals surface area contributed by atoms with Gasteiger partial charge < -0.3 is 15.4 Å². The molecule has 27 heavy (non-hydrogen) atoms. The fourth-order valence-electron chi connectivity index (χ4n) is 3.76. The largest absolute Gasteiger partial charge is 0.474 e. The molecule has 1 aliphatic heterocycles. The van der Waals surface area contributed by atoms with Crippen LogP contribution in [0.25, 0.3) is 0 Å².